The maximum atomic E-state index is 14.0. The van der Waals surface area contributed by atoms with Crippen molar-refractivity contribution >= 4 is 17.2 Å². The fourth-order valence-electron chi connectivity index (χ4n) is 2.89. The van der Waals surface area contributed by atoms with Crippen LogP contribution in [0.5, 0.6) is 0 Å². The number of amides is 1. The van der Waals surface area contributed by atoms with Crippen molar-refractivity contribution in [1.82, 2.24) is 4.90 Å². The molecule has 2 heterocycles. The summed E-state index contributed by atoms with van der Waals surface area (Å²) in [6.07, 6.45) is 1.35. The summed E-state index contributed by atoms with van der Waals surface area (Å²) in [4.78, 5) is 14.5. The van der Waals surface area contributed by atoms with E-state index in [2.05, 4.69) is 0 Å². The Bertz CT molecular complexity index is 728. The fourth-order valence-corrected chi connectivity index (χ4v) is 3.75. The molecule has 1 aliphatic heterocycles. The van der Waals surface area contributed by atoms with E-state index < -0.39 is 22.8 Å². The number of nitrogens with zero attached hydrogens (tertiary/aromatic N) is 1. The minimum Gasteiger partial charge on any atom is -0.331 e. The summed E-state index contributed by atoms with van der Waals surface area (Å²) < 4.78 is 40.3. The van der Waals surface area contributed by atoms with Crippen LogP contribution in [0.4, 0.5) is 13.2 Å². The van der Waals surface area contributed by atoms with Crippen molar-refractivity contribution in [3.8, 4) is 0 Å². The molecule has 3 rings (SSSR count). The highest BCUT2D eigenvalue weighted by atomic mass is 32.1. The zero-order chi connectivity index (χ0) is 15.9. The number of halogens is 3. The Balaban J connectivity index is 1.93. The first-order valence-corrected chi connectivity index (χ1v) is 7.81. The summed E-state index contributed by atoms with van der Waals surface area (Å²) in [6, 6.07) is 4.28. The van der Waals surface area contributed by atoms with E-state index in [1.165, 1.54) is 18.2 Å². The first-order valence-electron chi connectivity index (χ1n) is 6.99. The Kier molecular flexibility index (Phi) is 3.95. The number of aryl methyl sites for hydroxylation is 1. The van der Waals surface area contributed by atoms with Gasteiger partial charge in [-0.15, -0.1) is 11.3 Å². The van der Waals surface area contributed by atoms with Gasteiger partial charge < -0.3 is 4.90 Å². The lowest BCUT2D eigenvalue weighted by Crippen LogP contribution is -2.30. The number of hydrogen-bond acceptors (Lipinski definition) is 2. The molecule has 22 heavy (non-hydrogen) atoms. The molecule has 0 radical (unpaired) electrons. The van der Waals surface area contributed by atoms with Crippen LogP contribution in [0.2, 0.25) is 0 Å². The van der Waals surface area contributed by atoms with Gasteiger partial charge in [0.25, 0.3) is 5.91 Å². The van der Waals surface area contributed by atoms with Gasteiger partial charge in [-0.25, -0.2) is 8.78 Å². The third-order valence-corrected chi connectivity index (χ3v) is 4.93. The largest absolute Gasteiger partial charge is 0.331 e. The Labute approximate surface area is 130 Å². The smallest absolute Gasteiger partial charge is 0.264 e. The molecule has 1 aromatic carbocycles. The predicted octanol–water partition coefficient (Wildman–Crippen LogP) is 4.45. The molecule has 0 spiro atoms. The number of rotatable bonds is 2. The number of thiophene rings is 1. The molecular weight excluding hydrogens is 311 g/mol. The summed E-state index contributed by atoms with van der Waals surface area (Å²) in [7, 11) is 0. The molecule has 1 atom stereocenters. The number of hydrogen-bond donors (Lipinski definition) is 0. The van der Waals surface area contributed by atoms with Crippen LogP contribution in [0.1, 0.15) is 39.7 Å². The van der Waals surface area contributed by atoms with Gasteiger partial charge in [-0.3, -0.25) is 4.79 Å². The second-order valence-electron chi connectivity index (χ2n) is 5.39. The molecule has 116 valence electrons. The highest BCUT2D eigenvalue weighted by Crippen LogP contribution is 2.36. The zero-order valence-corrected chi connectivity index (χ0v) is 12.7. The van der Waals surface area contributed by atoms with E-state index in [9.17, 15) is 18.0 Å². The van der Waals surface area contributed by atoms with Crippen molar-refractivity contribution in [2.45, 2.75) is 25.8 Å². The van der Waals surface area contributed by atoms with E-state index in [0.29, 0.717) is 29.0 Å². The van der Waals surface area contributed by atoms with Crippen LogP contribution in [0.15, 0.2) is 24.3 Å². The normalized spacial score (nSPS) is 18.0. The van der Waals surface area contributed by atoms with E-state index in [1.807, 2.05) is 0 Å². The lowest BCUT2D eigenvalue weighted by Gasteiger charge is -2.25. The minimum atomic E-state index is -0.654. The maximum Gasteiger partial charge on any atom is 0.264 e. The van der Waals surface area contributed by atoms with Gasteiger partial charge >= 0.3 is 0 Å². The molecule has 2 nitrogen and oxygen atoms in total. The fraction of sp³-hybridized carbons (Fsp3) is 0.312. The van der Waals surface area contributed by atoms with Crippen molar-refractivity contribution in [2.24, 2.45) is 0 Å². The van der Waals surface area contributed by atoms with E-state index in [1.54, 1.807) is 11.8 Å². The molecule has 1 aliphatic rings. The van der Waals surface area contributed by atoms with E-state index >= 15 is 0 Å². The first-order chi connectivity index (χ1) is 10.5. The van der Waals surface area contributed by atoms with Crippen molar-refractivity contribution in [3.63, 3.8) is 0 Å². The Morgan fingerprint density at radius 2 is 2.05 bits per heavy atom. The molecule has 0 aliphatic carbocycles. The maximum absolute atomic E-state index is 14.0. The number of likely N-dealkylation sites (tertiary alicyclic amines) is 1. The second-order valence-corrected chi connectivity index (χ2v) is 6.39. The van der Waals surface area contributed by atoms with E-state index in [0.717, 1.165) is 23.8 Å². The topological polar surface area (TPSA) is 20.3 Å². The Morgan fingerprint density at radius 3 is 2.68 bits per heavy atom. The lowest BCUT2D eigenvalue weighted by molar-refractivity contribution is 0.0738. The molecule has 1 fully saturated rings. The number of carbonyl (C=O) groups is 1. The van der Waals surface area contributed by atoms with Gasteiger partial charge in [-0.1, -0.05) is 6.07 Å². The standard InChI is InChI=1S/C16H14F3NOS/c1-9-7-14(19)22-15(9)16(21)20-6-2-3-13(20)11-5-4-10(17)8-12(11)18/h4-5,7-8,13H,2-3,6H2,1H3. The van der Waals surface area contributed by atoms with Crippen LogP contribution in [0.25, 0.3) is 0 Å². The molecule has 2 aromatic rings. The third-order valence-electron chi connectivity index (χ3n) is 3.92. The quantitative estimate of drug-likeness (QED) is 0.799. The van der Waals surface area contributed by atoms with Crippen molar-refractivity contribution in [2.75, 3.05) is 6.54 Å². The van der Waals surface area contributed by atoms with Gasteiger partial charge in [-0.05, 0) is 37.5 Å². The van der Waals surface area contributed by atoms with Crippen LogP contribution in [0.3, 0.4) is 0 Å². The molecule has 0 bridgehead atoms. The van der Waals surface area contributed by atoms with Crippen LogP contribution in [0, 0.1) is 23.7 Å². The second kappa shape index (κ2) is 5.76. The summed E-state index contributed by atoms with van der Waals surface area (Å²) in [5, 5.41) is -0.412. The minimum absolute atomic E-state index is 0.294. The average Bonchev–Trinajstić information content (AvgIpc) is 3.04. The molecule has 1 aromatic heterocycles. The van der Waals surface area contributed by atoms with Crippen LogP contribution in [-0.2, 0) is 0 Å². The van der Waals surface area contributed by atoms with Crippen molar-refractivity contribution < 1.29 is 18.0 Å². The monoisotopic (exact) mass is 325 g/mol. The summed E-state index contributed by atoms with van der Waals surface area (Å²) in [6.45, 7) is 2.16. The van der Waals surface area contributed by atoms with Crippen LogP contribution < -0.4 is 0 Å². The average molecular weight is 325 g/mol. The van der Waals surface area contributed by atoms with Gasteiger partial charge in [0.2, 0.25) is 0 Å². The number of benzene rings is 1. The summed E-state index contributed by atoms with van der Waals surface area (Å²) in [5.41, 5.74) is 0.889. The Morgan fingerprint density at radius 1 is 1.27 bits per heavy atom. The highest BCUT2D eigenvalue weighted by Gasteiger charge is 2.33. The molecule has 1 saturated heterocycles. The summed E-state index contributed by atoms with van der Waals surface area (Å²) >= 11 is 0.802. The lowest BCUT2D eigenvalue weighted by atomic mass is 10.0. The molecule has 0 N–H and O–H groups in total. The first kappa shape index (κ1) is 15.1. The summed E-state index contributed by atoms with van der Waals surface area (Å²) in [5.74, 6) is -1.59. The number of carbonyl (C=O) groups excluding carboxylic acids is 1. The van der Waals surface area contributed by atoms with Crippen LogP contribution in [-0.4, -0.2) is 17.4 Å². The molecule has 0 saturated carbocycles. The predicted molar refractivity (Wildman–Crippen MR) is 78.4 cm³/mol. The molecule has 6 heteroatoms. The van der Waals surface area contributed by atoms with Crippen molar-refractivity contribution in [3.05, 3.63) is 57.0 Å². The van der Waals surface area contributed by atoms with Crippen molar-refractivity contribution in [1.29, 1.82) is 0 Å². The Hall–Kier alpha value is -1.82. The third kappa shape index (κ3) is 2.63. The zero-order valence-electron chi connectivity index (χ0n) is 11.9. The van der Waals surface area contributed by atoms with Gasteiger partial charge in [0.15, 0.2) is 5.13 Å². The SMILES string of the molecule is Cc1cc(F)sc1C(=O)N1CCCC1c1ccc(F)cc1F. The van der Waals surface area contributed by atoms with Gasteiger partial charge in [0.05, 0.1) is 10.9 Å². The molecular formula is C16H14F3NOS. The van der Waals surface area contributed by atoms with Crippen LogP contribution >= 0.6 is 11.3 Å². The molecule has 1 amide bonds. The molecule has 1 unspecified atom stereocenters. The van der Waals surface area contributed by atoms with E-state index in [-0.39, 0.29) is 5.91 Å². The van der Waals surface area contributed by atoms with Gasteiger partial charge in [-0.2, -0.15) is 4.39 Å². The van der Waals surface area contributed by atoms with Gasteiger partial charge in [0.1, 0.15) is 11.6 Å². The van der Waals surface area contributed by atoms with Gasteiger partial charge in [0, 0.05) is 18.2 Å². The van der Waals surface area contributed by atoms with E-state index in [4.69, 9.17) is 0 Å². The highest BCUT2D eigenvalue weighted by molar-refractivity contribution is 7.12.